The Morgan fingerprint density at radius 1 is 1.12 bits per heavy atom. The molecule has 0 aliphatic heterocycles. The predicted octanol–water partition coefficient (Wildman–Crippen LogP) is -0.380. The smallest absolute Gasteiger partial charge is 0.210 e. The minimum Gasteiger partial charge on any atom is -0.229 e. The molecule has 0 aliphatic rings. The van der Waals surface area contributed by atoms with E-state index in [1.807, 2.05) is 0 Å². The zero-order valence-electron chi connectivity index (χ0n) is 8.70. The van der Waals surface area contributed by atoms with E-state index in [0.29, 0.717) is 0 Å². The molecular weight excluding hydrogens is 264 g/mol. The highest BCUT2D eigenvalue weighted by atomic mass is 32.2. The van der Waals surface area contributed by atoms with Crippen LogP contribution in [0.1, 0.15) is 5.56 Å². The maximum atomic E-state index is 11.8. The van der Waals surface area contributed by atoms with Gasteiger partial charge in [0.25, 0.3) is 0 Å². The SMILES string of the molecule is N#Cc1ccccc1S(=O)(=O)CCS(N)(=O)=O. The van der Waals surface area contributed by atoms with Gasteiger partial charge in [-0.2, -0.15) is 5.26 Å². The van der Waals surface area contributed by atoms with Crippen molar-refractivity contribution >= 4 is 19.9 Å². The van der Waals surface area contributed by atoms with E-state index in [2.05, 4.69) is 0 Å². The fraction of sp³-hybridized carbons (Fsp3) is 0.222. The van der Waals surface area contributed by atoms with Gasteiger partial charge in [-0.1, -0.05) is 12.1 Å². The highest BCUT2D eigenvalue weighted by Gasteiger charge is 2.20. The van der Waals surface area contributed by atoms with Crippen molar-refractivity contribution in [3.63, 3.8) is 0 Å². The van der Waals surface area contributed by atoms with Crippen LogP contribution in [0.25, 0.3) is 0 Å². The van der Waals surface area contributed by atoms with Gasteiger partial charge in [-0.25, -0.2) is 22.0 Å². The van der Waals surface area contributed by atoms with Crippen molar-refractivity contribution in [1.29, 1.82) is 5.26 Å². The van der Waals surface area contributed by atoms with Crippen LogP contribution < -0.4 is 5.14 Å². The number of hydrogen-bond donors (Lipinski definition) is 1. The van der Waals surface area contributed by atoms with Crippen molar-refractivity contribution < 1.29 is 16.8 Å². The first-order chi connectivity index (χ1) is 7.76. The van der Waals surface area contributed by atoms with E-state index in [1.54, 1.807) is 6.07 Å². The summed E-state index contributed by atoms with van der Waals surface area (Å²) in [5.41, 5.74) is -0.0121. The summed E-state index contributed by atoms with van der Waals surface area (Å²) in [5, 5.41) is 13.5. The molecule has 0 unspecified atom stereocenters. The lowest BCUT2D eigenvalue weighted by Crippen LogP contribution is -2.23. The molecule has 0 fully saturated rings. The van der Waals surface area contributed by atoms with Gasteiger partial charge < -0.3 is 0 Å². The minimum absolute atomic E-state index is 0.0121. The number of sulfone groups is 1. The van der Waals surface area contributed by atoms with Gasteiger partial charge in [-0.05, 0) is 12.1 Å². The van der Waals surface area contributed by atoms with Crippen molar-refractivity contribution in [3.05, 3.63) is 29.8 Å². The van der Waals surface area contributed by atoms with E-state index in [1.165, 1.54) is 24.3 Å². The number of nitrogens with zero attached hydrogens (tertiary/aromatic N) is 1. The van der Waals surface area contributed by atoms with Crippen molar-refractivity contribution in [2.75, 3.05) is 11.5 Å². The first-order valence-corrected chi connectivity index (χ1v) is 7.85. The van der Waals surface area contributed by atoms with Gasteiger partial charge in [0.2, 0.25) is 10.0 Å². The molecular formula is C9H10N2O4S2. The first kappa shape index (κ1) is 13.6. The normalized spacial score (nSPS) is 12.0. The number of rotatable bonds is 4. The topological polar surface area (TPSA) is 118 Å². The van der Waals surface area contributed by atoms with E-state index < -0.39 is 31.4 Å². The third-order valence-corrected chi connectivity index (χ3v) is 4.78. The monoisotopic (exact) mass is 274 g/mol. The standard InChI is InChI=1S/C9H10N2O4S2/c10-7-8-3-1-2-4-9(8)16(12,13)5-6-17(11,14)15/h1-4H,5-6H2,(H2,11,14,15). The Morgan fingerprint density at radius 2 is 1.71 bits per heavy atom. The molecule has 1 aromatic carbocycles. The summed E-state index contributed by atoms with van der Waals surface area (Å²) >= 11 is 0. The summed E-state index contributed by atoms with van der Waals surface area (Å²) < 4.78 is 45.0. The number of primary sulfonamides is 1. The Bertz CT molecular complexity index is 656. The molecule has 0 aliphatic carbocycles. The van der Waals surface area contributed by atoms with Gasteiger partial charge in [0.1, 0.15) is 6.07 Å². The van der Waals surface area contributed by atoms with E-state index in [9.17, 15) is 16.8 Å². The van der Waals surface area contributed by atoms with E-state index in [-0.39, 0.29) is 10.5 Å². The summed E-state index contributed by atoms with van der Waals surface area (Å²) in [7, 11) is -7.66. The molecule has 6 nitrogen and oxygen atoms in total. The van der Waals surface area contributed by atoms with Crippen molar-refractivity contribution in [2.24, 2.45) is 5.14 Å². The van der Waals surface area contributed by atoms with Crippen LogP contribution in [0.2, 0.25) is 0 Å². The average molecular weight is 274 g/mol. The molecule has 8 heteroatoms. The Morgan fingerprint density at radius 3 is 2.24 bits per heavy atom. The molecule has 0 saturated carbocycles. The molecule has 2 N–H and O–H groups in total. The second-order valence-corrected chi connectivity index (χ2v) is 7.11. The summed E-state index contributed by atoms with van der Waals surface area (Å²) in [5.74, 6) is -1.31. The average Bonchev–Trinajstić information content (AvgIpc) is 2.26. The third-order valence-electron chi connectivity index (χ3n) is 1.98. The van der Waals surface area contributed by atoms with Gasteiger partial charge in [0.15, 0.2) is 9.84 Å². The van der Waals surface area contributed by atoms with Gasteiger partial charge in [-0.15, -0.1) is 0 Å². The van der Waals surface area contributed by atoms with Crippen LogP contribution in [0.15, 0.2) is 29.2 Å². The molecule has 1 aromatic rings. The molecule has 17 heavy (non-hydrogen) atoms. The Balaban J connectivity index is 3.11. The highest BCUT2D eigenvalue weighted by molar-refractivity contribution is 7.94. The van der Waals surface area contributed by atoms with E-state index >= 15 is 0 Å². The van der Waals surface area contributed by atoms with Gasteiger partial charge in [-0.3, -0.25) is 0 Å². The van der Waals surface area contributed by atoms with Crippen LogP contribution in [0.4, 0.5) is 0 Å². The number of nitrogens with two attached hydrogens (primary N) is 1. The lowest BCUT2D eigenvalue weighted by atomic mass is 10.2. The van der Waals surface area contributed by atoms with Crippen molar-refractivity contribution in [1.82, 2.24) is 0 Å². The molecule has 0 radical (unpaired) electrons. The number of benzene rings is 1. The van der Waals surface area contributed by atoms with Crippen LogP contribution in [-0.2, 0) is 19.9 Å². The van der Waals surface area contributed by atoms with Crippen LogP contribution in [0.3, 0.4) is 0 Å². The molecule has 0 bridgehead atoms. The van der Waals surface area contributed by atoms with Gasteiger partial charge in [0.05, 0.1) is 22.0 Å². The quantitative estimate of drug-likeness (QED) is 0.802. The van der Waals surface area contributed by atoms with E-state index in [4.69, 9.17) is 10.4 Å². The Hall–Kier alpha value is -1.43. The van der Waals surface area contributed by atoms with Crippen LogP contribution >= 0.6 is 0 Å². The summed E-state index contributed by atoms with van der Waals surface area (Å²) in [6, 6.07) is 7.34. The molecule has 0 atom stereocenters. The highest BCUT2D eigenvalue weighted by Crippen LogP contribution is 2.16. The lowest BCUT2D eigenvalue weighted by Gasteiger charge is -2.04. The predicted molar refractivity (Wildman–Crippen MR) is 61.2 cm³/mol. The summed E-state index contributed by atoms with van der Waals surface area (Å²) in [4.78, 5) is -0.175. The molecule has 0 amide bonds. The molecule has 0 spiro atoms. The van der Waals surface area contributed by atoms with Gasteiger partial charge in [0, 0.05) is 0 Å². The molecule has 1 rings (SSSR count). The molecule has 0 heterocycles. The second-order valence-electron chi connectivity index (χ2n) is 3.29. The zero-order chi connectivity index (χ0) is 13.1. The Kier molecular flexibility index (Phi) is 3.87. The second kappa shape index (κ2) is 4.83. The summed E-state index contributed by atoms with van der Waals surface area (Å²) in [6.45, 7) is 0. The minimum atomic E-state index is -3.85. The van der Waals surface area contributed by atoms with Gasteiger partial charge >= 0.3 is 0 Å². The van der Waals surface area contributed by atoms with Crippen molar-refractivity contribution in [2.45, 2.75) is 4.90 Å². The molecule has 0 aromatic heterocycles. The van der Waals surface area contributed by atoms with Crippen LogP contribution in [0, 0.1) is 11.3 Å². The number of nitriles is 1. The maximum absolute atomic E-state index is 11.8. The summed E-state index contributed by atoms with van der Waals surface area (Å²) in [6.07, 6.45) is 0. The fourth-order valence-electron chi connectivity index (χ4n) is 1.17. The molecule has 0 saturated heterocycles. The number of sulfonamides is 1. The Labute approximate surface area is 99.6 Å². The van der Waals surface area contributed by atoms with Crippen molar-refractivity contribution in [3.8, 4) is 6.07 Å². The zero-order valence-corrected chi connectivity index (χ0v) is 10.3. The first-order valence-electron chi connectivity index (χ1n) is 4.48. The maximum Gasteiger partial charge on any atom is 0.210 e. The lowest BCUT2D eigenvalue weighted by molar-refractivity contribution is 0.588. The van der Waals surface area contributed by atoms with Crippen LogP contribution in [0.5, 0.6) is 0 Å². The fourth-order valence-corrected chi connectivity index (χ4v) is 3.93. The molecule has 92 valence electrons. The van der Waals surface area contributed by atoms with Crippen LogP contribution in [-0.4, -0.2) is 28.3 Å². The largest absolute Gasteiger partial charge is 0.229 e. The van der Waals surface area contributed by atoms with E-state index in [0.717, 1.165) is 0 Å². The third kappa shape index (κ3) is 3.81. The number of hydrogen-bond acceptors (Lipinski definition) is 5.